The fourth-order valence-corrected chi connectivity index (χ4v) is 2.96. The number of anilines is 1. The van der Waals surface area contributed by atoms with E-state index in [0.717, 1.165) is 17.7 Å². The van der Waals surface area contributed by atoms with E-state index < -0.39 is 4.92 Å². The Hall–Kier alpha value is -4.07. The third-order valence-electron chi connectivity index (χ3n) is 4.97. The molecule has 0 saturated heterocycles. The largest absolute Gasteiger partial charge is 0.493 e. The molecule has 3 aromatic rings. The molecule has 3 aromatic carbocycles. The minimum absolute atomic E-state index is 0.0293. The summed E-state index contributed by atoms with van der Waals surface area (Å²) in [5.74, 6) is 2.11. The van der Waals surface area contributed by atoms with Gasteiger partial charge < -0.3 is 14.2 Å². The van der Waals surface area contributed by atoms with Crippen molar-refractivity contribution in [2.75, 3.05) is 25.7 Å². The van der Waals surface area contributed by atoms with E-state index in [9.17, 15) is 10.1 Å². The third-order valence-corrected chi connectivity index (χ3v) is 4.97. The SMILES string of the molecule is COc1cc(/C=N\Nc2ccc([N+](=O)[O-])cc2)ccc1OCCCOc1ccc(C)c(C)c1. The van der Waals surface area contributed by atoms with Crippen LogP contribution in [-0.4, -0.2) is 31.5 Å². The zero-order valence-electron chi connectivity index (χ0n) is 18.9. The van der Waals surface area contributed by atoms with Crippen LogP contribution in [0.4, 0.5) is 11.4 Å². The van der Waals surface area contributed by atoms with Crippen LogP contribution in [0.2, 0.25) is 0 Å². The standard InChI is InChI=1S/C25H27N3O5/c1-18-5-11-23(15-19(18)2)32-13-4-14-33-24-12-6-20(16-25(24)31-3)17-26-27-21-7-9-22(10-8-21)28(29)30/h5-12,15-17,27H,4,13-14H2,1-3H3/b26-17-. The molecule has 172 valence electrons. The number of nitro groups is 1. The summed E-state index contributed by atoms with van der Waals surface area (Å²) in [7, 11) is 1.58. The van der Waals surface area contributed by atoms with Gasteiger partial charge in [0.25, 0.3) is 5.69 Å². The lowest BCUT2D eigenvalue weighted by molar-refractivity contribution is -0.384. The van der Waals surface area contributed by atoms with Crippen LogP contribution in [0, 0.1) is 24.0 Å². The lowest BCUT2D eigenvalue weighted by Crippen LogP contribution is -2.06. The van der Waals surface area contributed by atoms with Gasteiger partial charge in [-0.05, 0) is 73.0 Å². The highest BCUT2D eigenvalue weighted by molar-refractivity contribution is 5.81. The Labute approximate surface area is 193 Å². The van der Waals surface area contributed by atoms with Crippen molar-refractivity contribution in [1.29, 1.82) is 0 Å². The van der Waals surface area contributed by atoms with Crippen LogP contribution in [0.3, 0.4) is 0 Å². The normalized spacial score (nSPS) is 10.8. The number of rotatable bonds is 11. The van der Waals surface area contributed by atoms with Gasteiger partial charge in [-0.15, -0.1) is 0 Å². The smallest absolute Gasteiger partial charge is 0.269 e. The average Bonchev–Trinajstić information content (AvgIpc) is 2.82. The maximum Gasteiger partial charge on any atom is 0.269 e. The monoisotopic (exact) mass is 449 g/mol. The van der Waals surface area contributed by atoms with Gasteiger partial charge in [0, 0.05) is 18.6 Å². The second-order valence-electron chi connectivity index (χ2n) is 7.38. The predicted octanol–water partition coefficient (Wildman–Crippen LogP) is 5.51. The first-order chi connectivity index (χ1) is 16.0. The van der Waals surface area contributed by atoms with E-state index in [1.807, 2.05) is 30.3 Å². The van der Waals surface area contributed by atoms with Crippen LogP contribution in [-0.2, 0) is 0 Å². The van der Waals surface area contributed by atoms with E-state index in [-0.39, 0.29) is 5.69 Å². The molecule has 0 spiro atoms. The van der Waals surface area contributed by atoms with Crippen molar-refractivity contribution in [1.82, 2.24) is 0 Å². The molecule has 3 rings (SSSR count). The number of nitrogens with zero attached hydrogens (tertiary/aromatic N) is 2. The summed E-state index contributed by atoms with van der Waals surface area (Å²) in [5.41, 5.74) is 6.78. The van der Waals surface area contributed by atoms with Gasteiger partial charge in [0.05, 0.1) is 37.1 Å². The number of aryl methyl sites for hydroxylation is 2. The quantitative estimate of drug-likeness (QED) is 0.179. The lowest BCUT2D eigenvalue weighted by atomic mass is 10.1. The zero-order valence-corrected chi connectivity index (χ0v) is 18.9. The number of nitrogens with one attached hydrogen (secondary N) is 1. The molecule has 0 aromatic heterocycles. The summed E-state index contributed by atoms with van der Waals surface area (Å²) in [6.07, 6.45) is 2.36. The molecular formula is C25H27N3O5. The minimum atomic E-state index is -0.444. The Morgan fingerprint density at radius 2 is 1.70 bits per heavy atom. The van der Waals surface area contributed by atoms with Crippen molar-refractivity contribution in [3.8, 4) is 17.2 Å². The highest BCUT2D eigenvalue weighted by Crippen LogP contribution is 2.28. The molecule has 0 atom stereocenters. The van der Waals surface area contributed by atoms with Crippen molar-refractivity contribution in [2.45, 2.75) is 20.3 Å². The third kappa shape index (κ3) is 6.96. The van der Waals surface area contributed by atoms with E-state index in [4.69, 9.17) is 14.2 Å². The topological polar surface area (TPSA) is 95.2 Å². The molecule has 0 fully saturated rings. The predicted molar refractivity (Wildman–Crippen MR) is 129 cm³/mol. The van der Waals surface area contributed by atoms with Crippen molar-refractivity contribution in [2.24, 2.45) is 5.10 Å². The van der Waals surface area contributed by atoms with Gasteiger partial charge in [-0.2, -0.15) is 5.10 Å². The second kappa shape index (κ2) is 11.5. The maximum absolute atomic E-state index is 10.7. The summed E-state index contributed by atoms with van der Waals surface area (Å²) in [5, 5.41) is 14.9. The molecule has 0 saturated carbocycles. The Kier molecular flexibility index (Phi) is 8.24. The molecule has 33 heavy (non-hydrogen) atoms. The first-order valence-electron chi connectivity index (χ1n) is 10.5. The van der Waals surface area contributed by atoms with Crippen molar-refractivity contribution < 1.29 is 19.1 Å². The van der Waals surface area contributed by atoms with Crippen molar-refractivity contribution in [3.63, 3.8) is 0 Å². The molecular weight excluding hydrogens is 422 g/mol. The first-order valence-corrected chi connectivity index (χ1v) is 10.5. The van der Waals surface area contributed by atoms with Gasteiger partial charge in [-0.1, -0.05) is 6.07 Å². The van der Waals surface area contributed by atoms with Gasteiger partial charge in [0.1, 0.15) is 5.75 Å². The van der Waals surface area contributed by atoms with Gasteiger partial charge >= 0.3 is 0 Å². The molecule has 1 N–H and O–H groups in total. The van der Waals surface area contributed by atoms with Crippen LogP contribution < -0.4 is 19.6 Å². The number of non-ortho nitro benzene ring substituents is 1. The summed E-state index contributed by atoms with van der Waals surface area (Å²) >= 11 is 0. The average molecular weight is 450 g/mol. The molecule has 8 heteroatoms. The Morgan fingerprint density at radius 1 is 0.939 bits per heavy atom. The summed E-state index contributed by atoms with van der Waals surface area (Å²) < 4.78 is 17.1. The Morgan fingerprint density at radius 3 is 2.39 bits per heavy atom. The first kappa shape index (κ1) is 23.6. The van der Waals surface area contributed by atoms with Crippen molar-refractivity contribution in [3.05, 3.63) is 87.5 Å². The second-order valence-corrected chi connectivity index (χ2v) is 7.38. The maximum atomic E-state index is 10.7. The lowest BCUT2D eigenvalue weighted by Gasteiger charge is -2.12. The van der Waals surface area contributed by atoms with Crippen LogP contribution in [0.1, 0.15) is 23.1 Å². The fraction of sp³-hybridized carbons (Fsp3) is 0.240. The van der Waals surface area contributed by atoms with Crippen LogP contribution in [0.25, 0.3) is 0 Å². The number of benzene rings is 3. The van der Waals surface area contributed by atoms with E-state index in [2.05, 4.69) is 30.4 Å². The van der Waals surface area contributed by atoms with Gasteiger partial charge in [-0.25, -0.2) is 0 Å². The van der Waals surface area contributed by atoms with Crippen LogP contribution in [0.5, 0.6) is 17.2 Å². The number of hydrogen-bond donors (Lipinski definition) is 1. The number of hydrogen-bond acceptors (Lipinski definition) is 7. The molecule has 0 amide bonds. The number of ether oxygens (including phenoxy) is 3. The number of hydrazone groups is 1. The Bertz CT molecular complexity index is 1110. The molecule has 0 heterocycles. The van der Waals surface area contributed by atoms with E-state index >= 15 is 0 Å². The summed E-state index contributed by atoms with van der Waals surface area (Å²) in [6, 6.07) is 17.6. The summed E-state index contributed by atoms with van der Waals surface area (Å²) in [6.45, 7) is 5.20. The molecule has 8 nitrogen and oxygen atoms in total. The number of nitro benzene ring substituents is 1. The highest BCUT2D eigenvalue weighted by atomic mass is 16.6. The van der Waals surface area contributed by atoms with E-state index in [1.165, 1.54) is 23.3 Å². The highest BCUT2D eigenvalue weighted by Gasteiger charge is 2.06. The zero-order chi connectivity index (χ0) is 23.6. The molecule has 0 bridgehead atoms. The fourth-order valence-electron chi connectivity index (χ4n) is 2.96. The molecule has 0 radical (unpaired) electrons. The van der Waals surface area contributed by atoms with Gasteiger partial charge in [0.15, 0.2) is 11.5 Å². The van der Waals surface area contributed by atoms with Crippen molar-refractivity contribution >= 4 is 17.6 Å². The van der Waals surface area contributed by atoms with Crippen LogP contribution >= 0.6 is 0 Å². The van der Waals surface area contributed by atoms with E-state index in [0.29, 0.717) is 30.4 Å². The molecule has 0 aliphatic carbocycles. The van der Waals surface area contributed by atoms with Crippen LogP contribution in [0.15, 0.2) is 65.8 Å². The molecule has 0 aliphatic rings. The minimum Gasteiger partial charge on any atom is -0.493 e. The van der Waals surface area contributed by atoms with Gasteiger partial charge in [-0.3, -0.25) is 15.5 Å². The summed E-state index contributed by atoms with van der Waals surface area (Å²) in [4.78, 5) is 10.3. The molecule has 0 unspecified atom stereocenters. The van der Waals surface area contributed by atoms with Gasteiger partial charge in [0.2, 0.25) is 0 Å². The van der Waals surface area contributed by atoms with E-state index in [1.54, 1.807) is 25.5 Å². The number of methoxy groups -OCH3 is 1. The Balaban J connectivity index is 1.47. The molecule has 0 aliphatic heterocycles.